The van der Waals surface area contributed by atoms with Crippen molar-refractivity contribution in [2.45, 2.75) is 25.1 Å². The average Bonchev–Trinajstić information content (AvgIpc) is 3.23. The van der Waals surface area contributed by atoms with Crippen molar-refractivity contribution in [1.82, 2.24) is 9.97 Å². The first kappa shape index (κ1) is 13.7. The van der Waals surface area contributed by atoms with Crippen LogP contribution in [-0.2, 0) is 6.18 Å². The number of nitrogens with zero attached hydrogens (tertiary/aromatic N) is 2. The van der Waals surface area contributed by atoms with Gasteiger partial charge < -0.3 is 10.6 Å². The topological polar surface area (TPSA) is 49.8 Å². The Kier molecular flexibility index (Phi) is 3.40. The zero-order chi connectivity index (χ0) is 14.9. The number of benzene rings is 1. The Bertz CT molecular complexity index is 621. The maximum atomic E-state index is 12.5. The molecule has 0 spiro atoms. The molecule has 1 fully saturated rings. The standard InChI is InChI=1S/C14H13F3N4/c15-14(16,17)9-1-3-11(4-2-9)20-13-18-8-7-12(21-13)19-10-5-6-10/h1-4,7-8,10H,5-6H2,(H2,18,19,20,21). The lowest BCUT2D eigenvalue weighted by atomic mass is 10.2. The normalized spacial score (nSPS) is 14.8. The molecule has 21 heavy (non-hydrogen) atoms. The second-order valence-corrected chi connectivity index (χ2v) is 4.88. The lowest BCUT2D eigenvalue weighted by molar-refractivity contribution is -0.137. The van der Waals surface area contributed by atoms with Gasteiger partial charge in [-0.2, -0.15) is 18.2 Å². The van der Waals surface area contributed by atoms with Crippen molar-refractivity contribution in [2.75, 3.05) is 10.6 Å². The Hall–Kier alpha value is -2.31. The van der Waals surface area contributed by atoms with E-state index in [1.807, 2.05) is 0 Å². The first-order chi connectivity index (χ1) is 10.0. The monoisotopic (exact) mass is 294 g/mol. The summed E-state index contributed by atoms with van der Waals surface area (Å²) >= 11 is 0. The first-order valence-corrected chi connectivity index (χ1v) is 6.54. The molecule has 7 heteroatoms. The van der Waals surface area contributed by atoms with Crippen molar-refractivity contribution in [1.29, 1.82) is 0 Å². The van der Waals surface area contributed by atoms with E-state index in [9.17, 15) is 13.2 Å². The predicted molar refractivity (Wildman–Crippen MR) is 73.4 cm³/mol. The van der Waals surface area contributed by atoms with Crippen LogP contribution in [0.15, 0.2) is 36.5 Å². The van der Waals surface area contributed by atoms with Crippen LogP contribution in [0, 0.1) is 0 Å². The summed E-state index contributed by atoms with van der Waals surface area (Å²) in [5.41, 5.74) is -0.176. The highest BCUT2D eigenvalue weighted by atomic mass is 19.4. The number of halogens is 3. The van der Waals surface area contributed by atoms with Crippen LogP contribution < -0.4 is 10.6 Å². The zero-order valence-corrected chi connectivity index (χ0v) is 11.0. The van der Waals surface area contributed by atoms with E-state index in [1.165, 1.54) is 12.1 Å². The number of rotatable bonds is 4. The molecule has 1 aliphatic rings. The summed E-state index contributed by atoms with van der Waals surface area (Å²) in [7, 11) is 0. The molecule has 1 aromatic carbocycles. The summed E-state index contributed by atoms with van der Waals surface area (Å²) in [6, 6.07) is 6.98. The average molecular weight is 294 g/mol. The minimum Gasteiger partial charge on any atom is -0.367 e. The van der Waals surface area contributed by atoms with Crippen LogP contribution in [0.2, 0.25) is 0 Å². The van der Waals surface area contributed by atoms with E-state index in [0.29, 0.717) is 23.5 Å². The molecular weight excluding hydrogens is 281 g/mol. The van der Waals surface area contributed by atoms with Crippen LogP contribution in [0.4, 0.5) is 30.6 Å². The van der Waals surface area contributed by atoms with E-state index in [-0.39, 0.29) is 0 Å². The maximum absolute atomic E-state index is 12.5. The van der Waals surface area contributed by atoms with Crippen molar-refractivity contribution in [3.05, 3.63) is 42.1 Å². The van der Waals surface area contributed by atoms with Crippen molar-refractivity contribution in [3.8, 4) is 0 Å². The van der Waals surface area contributed by atoms with Crippen LogP contribution in [0.25, 0.3) is 0 Å². The summed E-state index contributed by atoms with van der Waals surface area (Å²) in [5.74, 6) is 1.06. The van der Waals surface area contributed by atoms with Gasteiger partial charge in [0.1, 0.15) is 5.82 Å². The molecule has 2 N–H and O–H groups in total. The molecule has 3 rings (SSSR count). The molecule has 0 atom stereocenters. The van der Waals surface area contributed by atoms with Gasteiger partial charge in [0.15, 0.2) is 0 Å². The number of nitrogens with one attached hydrogen (secondary N) is 2. The van der Waals surface area contributed by atoms with Gasteiger partial charge in [-0.05, 0) is 43.2 Å². The minimum atomic E-state index is -4.33. The Labute approximate surface area is 119 Å². The summed E-state index contributed by atoms with van der Waals surface area (Å²) < 4.78 is 37.4. The zero-order valence-electron chi connectivity index (χ0n) is 11.0. The van der Waals surface area contributed by atoms with Crippen LogP contribution in [-0.4, -0.2) is 16.0 Å². The largest absolute Gasteiger partial charge is 0.416 e. The second kappa shape index (κ2) is 5.23. The molecule has 1 heterocycles. The third kappa shape index (κ3) is 3.62. The molecule has 0 aliphatic heterocycles. The van der Waals surface area contributed by atoms with Gasteiger partial charge in [0.2, 0.25) is 5.95 Å². The van der Waals surface area contributed by atoms with Crippen molar-refractivity contribution >= 4 is 17.5 Å². The van der Waals surface area contributed by atoms with Gasteiger partial charge >= 0.3 is 6.18 Å². The molecule has 2 aromatic rings. The quantitative estimate of drug-likeness (QED) is 0.900. The van der Waals surface area contributed by atoms with Gasteiger partial charge in [0.25, 0.3) is 0 Å². The molecule has 0 saturated heterocycles. The highest BCUT2D eigenvalue weighted by molar-refractivity contribution is 5.55. The molecule has 1 saturated carbocycles. The molecule has 0 amide bonds. The Morgan fingerprint density at radius 3 is 2.38 bits per heavy atom. The van der Waals surface area contributed by atoms with Crippen LogP contribution >= 0.6 is 0 Å². The van der Waals surface area contributed by atoms with E-state index in [2.05, 4.69) is 20.6 Å². The van der Waals surface area contributed by atoms with Gasteiger partial charge in [-0.25, -0.2) is 4.98 Å². The highest BCUT2D eigenvalue weighted by Gasteiger charge is 2.29. The van der Waals surface area contributed by atoms with Crippen molar-refractivity contribution < 1.29 is 13.2 Å². The van der Waals surface area contributed by atoms with Gasteiger partial charge in [-0.1, -0.05) is 0 Å². The molecule has 0 bridgehead atoms. The molecule has 0 radical (unpaired) electrons. The number of anilines is 3. The Balaban J connectivity index is 1.70. The number of aromatic nitrogens is 2. The van der Waals surface area contributed by atoms with Gasteiger partial charge in [0.05, 0.1) is 5.56 Å². The molecule has 1 aliphatic carbocycles. The molecule has 4 nitrogen and oxygen atoms in total. The van der Waals surface area contributed by atoms with Crippen LogP contribution in [0.5, 0.6) is 0 Å². The number of hydrogen-bond acceptors (Lipinski definition) is 4. The lowest BCUT2D eigenvalue weighted by Crippen LogP contribution is -2.06. The fraction of sp³-hybridized carbons (Fsp3) is 0.286. The second-order valence-electron chi connectivity index (χ2n) is 4.88. The molecular formula is C14H13F3N4. The van der Waals surface area contributed by atoms with E-state index in [4.69, 9.17) is 0 Å². The fourth-order valence-corrected chi connectivity index (χ4v) is 1.81. The van der Waals surface area contributed by atoms with Crippen LogP contribution in [0.3, 0.4) is 0 Å². The molecule has 1 aromatic heterocycles. The predicted octanol–water partition coefficient (Wildman–Crippen LogP) is 3.81. The maximum Gasteiger partial charge on any atom is 0.416 e. The van der Waals surface area contributed by atoms with Gasteiger partial charge in [-0.3, -0.25) is 0 Å². The smallest absolute Gasteiger partial charge is 0.367 e. The Morgan fingerprint density at radius 2 is 1.76 bits per heavy atom. The first-order valence-electron chi connectivity index (χ1n) is 6.54. The van der Waals surface area contributed by atoms with Gasteiger partial charge in [0, 0.05) is 17.9 Å². The SMILES string of the molecule is FC(F)(F)c1ccc(Nc2nccc(NC3CC3)n2)cc1. The summed E-state index contributed by atoms with van der Waals surface area (Å²) in [6.45, 7) is 0. The van der Waals surface area contributed by atoms with E-state index in [0.717, 1.165) is 25.0 Å². The summed E-state index contributed by atoms with van der Waals surface area (Å²) in [6.07, 6.45) is -0.468. The Morgan fingerprint density at radius 1 is 1.05 bits per heavy atom. The molecule has 0 unspecified atom stereocenters. The van der Waals surface area contributed by atoms with Crippen molar-refractivity contribution in [2.24, 2.45) is 0 Å². The number of hydrogen-bond donors (Lipinski definition) is 2. The highest BCUT2D eigenvalue weighted by Crippen LogP contribution is 2.30. The van der Waals surface area contributed by atoms with E-state index < -0.39 is 11.7 Å². The number of alkyl halides is 3. The third-order valence-electron chi connectivity index (χ3n) is 3.05. The third-order valence-corrected chi connectivity index (χ3v) is 3.05. The summed E-state index contributed by atoms with van der Waals surface area (Å²) in [5, 5.41) is 6.12. The van der Waals surface area contributed by atoms with Crippen LogP contribution in [0.1, 0.15) is 18.4 Å². The van der Waals surface area contributed by atoms with E-state index >= 15 is 0 Å². The van der Waals surface area contributed by atoms with Crippen molar-refractivity contribution in [3.63, 3.8) is 0 Å². The minimum absolute atomic E-state index is 0.348. The fourth-order valence-electron chi connectivity index (χ4n) is 1.81. The van der Waals surface area contributed by atoms with E-state index in [1.54, 1.807) is 12.3 Å². The lowest BCUT2D eigenvalue weighted by Gasteiger charge is -2.09. The van der Waals surface area contributed by atoms with Gasteiger partial charge in [-0.15, -0.1) is 0 Å². The summed E-state index contributed by atoms with van der Waals surface area (Å²) in [4.78, 5) is 8.31. The molecule has 110 valence electrons.